The van der Waals surface area contributed by atoms with E-state index in [-0.39, 0.29) is 4.90 Å². The van der Waals surface area contributed by atoms with Gasteiger partial charge in [-0.2, -0.15) is 0 Å². The molecule has 0 saturated carbocycles. The summed E-state index contributed by atoms with van der Waals surface area (Å²) in [7, 11) is -0.357. The summed E-state index contributed by atoms with van der Waals surface area (Å²) in [4.78, 5) is 2.35. The van der Waals surface area contributed by atoms with E-state index < -0.39 is 10.0 Å². The molecule has 1 aromatic rings. The minimum atomic E-state index is -3.45. The predicted octanol–water partition coefficient (Wildman–Crippen LogP) is 0.650. The monoisotopic (exact) mass is 299 g/mol. The van der Waals surface area contributed by atoms with Crippen LogP contribution in [-0.4, -0.2) is 42.3 Å². The largest absolute Gasteiger partial charge is 0.397 e. The SMILES string of the molecule is CNS(=O)(=O)c1ccc(N)c(N2CCC(COC)C2)c1. The molecule has 1 saturated heterocycles. The average Bonchev–Trinajstić information content (AvgIpc) is 2.88. The van der Waals surface area contributed by atoms with Gasteiger partial charge < -0.3 is 15.4 Å². The van der Waals surface area contributed by atoms with Crippen LogP contribution in [0.3, 0.4) is 0 Å². The van der Waals surface area contributed by atoms with Crippen molar-refractivity contribution in [1.29, 1.82) is 0 Å². The Morgan fingerprint density at radius 3 is 2.90 bits per heavy atom. The van der Waals surface area contributed by atoms with Gasteiger partial charge in [0, 0.05) is 26.1 Å². The van der Waals surface area contributed by atoms with E-state index in [4.69, 9.17) is 10.5 Å². The third-order valence-electron chi connectivity index (χ3n) is 3.61. The molecule has 1 aliphatic heterocycles. The quantitative estimate of drug-likeness (QED) is 0.780. The second-order valence-corrected chi connectivity index (χ2v) is 6.87. The Morgan fingerprint density at radius 2 is 2.25 bits per heavy atom. The molecule has 1 heterocycles. The number of nitrogens with zero attached hydrogens (tertiary/aromatic N) is 1. The second kappa shape index (κ2) is 5.99. The minimum absolute atomic E-state index is 0.236. The Bertz CT molecular complexity index is 574. The summed E-state index contributed by atoms with van der Waals surface area (Å²) in [6, 6.07) is 4.80. The first kappa shape index (κ1) is 15.1. The molecular weight excluding hydrogens is 278 g/mol. The molecule has 7 heteroatoms. The van der Waals surface area contributed by atoms with Crippen molar-refractivity contribution in [2.24, 2.45) is 5.92 Å². The van der Waals surface area contributed by atoms with Crippen LogP contribution >= 0.6 is 0 Å². The molecule has 1 unspecified atom stereocenters. The molecule has 0 amide bonds. The lowest BCUT2D eigenvalue weighted by molar-refractivity contribution is 0.161. The van der Waals surface area contributed by atoms with Crippen molar-refractivity contribution in [3.8, 4) is 0 Å². The number of anilines is 2. The fourth-order valence-corrected chi connectivity index (χ4v) is 3.26. The molecule has 112 valence electrons. The van der Waals surface area contributed by atoms with Gasteiger partial charge >= 0.3 is 0 Å². The number of sulfonamides is 1. The number of methoxy groups -OCH3 is 1. The number of hydrogen-bond donors (Lipinski definition) is 2. The Balaban J connectivity index is 2.26. The van der Waals surface area contributed by atoms with Gasteiger partial charge in [-0.25, -0.2) is 13.1 Å². The summed E-state index contributed by atoms with van der Waals surface area (Å²) >= 11 is 0. The van der Waals surface area contributed by atoms with E-state index in [2.05, 4.69) is 9.62 Å². The van der Waals surface area contributed by atoms with Gasteiger partial charge in [-0.05, 0) is 31.7 Å². The van der Waals surface area contributed by atoms with Crippen molar-refractivity contribution in [2.45, 2.75) is 11.3 Å². The lowest BCUT2D eigenvalue weighted by Crippen LogP contribution is -2.23. The van der Waals surface area contributed by atoms with Gasteiger partial charge in [0.15, 0.2) is 0 Å². The molecule has 6 nitrogen and oxygen atoms in total. The van der Waals surface area contributed by atoms with E-state index in [0.717, 1.165) is 25.2 Å². The molecule has 1 atom stereocenters. The van der Waals surface area contributed by atoms with Crippen molar-refractivity contribution in [2.75, 3.05) is 44.5 Å². The highest BCUT2D eigenvalue weighted by Crippen LogP contribution is 2.31. The third-order valence-corrected chi connectivity index (χ3v) is 5.02. The number of hydrogen-bond acceptors (Lipinski definition) is 5. The maximum atomic E-state index is 11.9. The van der Waals surface area contributed by atoms with Crippen LogP contribution in [-0.2, 0) is 14.8 Å². The number of nitrogens with two attached hydrogens (primary N) is 1. The fraction of sp³-hybridized carbons (Fsp3) is 0.538. The highest BCUT2D eigenvalue weighted by atomic mass is 32.2. The van der Waals surface area contributed by atoms with Crippen LogP contribution < -0.4 is 15.4 Å². The molecule has 1 fully saturated rings. The van der Waals surface area contributed by atoms with Crippen molar-refractivity contribution in [3.63, 3.8) is 0 Å². The van der Waals surface area contributed by atoms with Crippen LogP contribution in [0.25, 0.3) is 0 Å². The zero-order valence-corrected chi connectivity index (χ0v) is 12.6. The van der Waals surface area contributed by atoms with Gasteiger partial charge in [-0.1, -0.05) is 0 Å². The average molecular weight is 299 g/mol. The Labute approximate surface area is 120 Å². The highest BCUT2D eigenvalue weighted by molar-refractivity contribution is 7.89. The number of nitrogen functional groups attached to an aromatic ring is 1. The van der Waals surface area contributed by atoms with E-state index in [0.29, 0.717) is 18.2 Å². The van der Waals surface area contributed by atoms with Gasteiger partial charge in [-0.15, -0.1) is 0 Å². The van der Waals surface area contributed by atoms with E-state index in [1.54, 1.807) is 19.2 Å². The standard InChI is InChI=1S/C13H21N3O3S/c1-15-20(17,18)11-3-4-12(14)13(7-11)16-6-5-10(8-16)9-19-2/h3-4,7,10,15H,5-6,8-9,14H2,1-2H3. The van der Waals surface area contributed by atoms with Gasteiger partial charge in [-0.3, -0.25) is 0 Å². The third kappa shape index (κ3) is 3.05. The first-order valence-electron chi connectivity index (χ1n) is 6.55. The molecule has 2 rings (SSSR count). The zero-order valence-electron chi connectivity index (χ0n) is 11.8. The first-order valence-corrected chi connectivity index (χ1v) is 8.03. The lowest BCUT2D eigenvalue weighted by Gasteiger charge is -2.21. The molecule has 0 aromatic heterocycles. The number of rotatable bonds is 5. The molecule has 0 bridgehead atoms. The Kier molecular flexibility index (Phi) is 4.52. The number of benzene rings is 1. The van der Waals surface area contributed by atoms with E-state index in [1.165, 1.54) is 13.1 Å². The second-order valence-electron chi connectivity index (χ2n) is 4.98. The number of ether oxygens (including phenoxy) is 1. The van der Waals surface area contributed by atoms with Crippen LogP contribution in [0.2, 0.25) is 0 Å². The van der Waals surface area contributed by atoms with Crippen LogP contribution in [0.1, 0.15) is 6.42 Å². The van der Waals surface area contributed by atoms with Crippen LogP contribution in [0, 0.1) is 5.92 Å². The van der Waals surface area contributed by atoms with E-state index in [9.17, 15) is 8.42 Å². The van der Waals surface area contributed by atoms with E-state index >= 15 is 0 Å². The molecule has 0 spiro atoms. The first-order chi connectivity index (χ1) is 9.47. The summed E-state index contributed by atoms with van der Waals surface area (Å²) in [5, 5.41) is 0. The van der Waals surface area contributed by atoms with Gasteiger partial charge in [0.05, 0.1) is 22.9 Å². The minimum Gasteiger partial charge on any atom is -0.397 e. The van der Waals surface area contributed by atoms with Crippen LogP contribution in [0.5, 0.6) is 0 Å². The summed E-state index contributed by atoms with van der Waals surface area (Å²) in [6.45, 7) is 2.41. The summed E-state index contributed by atoms with van der Waals surface area (Å²) in [6.07, 6.45) is 1.02. The normalized spacial score (nSPS) is 19.5. The molecular formula is C13H21N3O3S. The topological polar surface area (TPSA) is 84.7 Å². The smallest absolute Gasteiger partial charge is 0.240 e. The van der Waals surface area contributed by atoms with Crippen molar-refractivity contribution >= 4 is 21.4 Å². The molecule has 0 aliphatic carbocycles. The van der Waals surface area contributed by atoms with Gasteiger partial charge in [0.1, 0.15) is 0 Å². The summed E-state index contributed by atoms with van der Waals surface area (Å²) in [5.41, 5.74) is 7.36. The molecule has 1 aromatic carbocycles. The zero-order chi connectivity index (χ0) is 14.8. The molecule has 3 N–H and O–H groups in total. The number of nitrogens with one attached hydrogen (secondary N) is 1. The maximum Gasteiger partial charge on any atom is 0.240 e. The summed E-state index contributed by atoms with van der Waals surface area (Å²) < 4.78 is 31.2. The Hall–Kier alpha value is -1.31. The summed E-state index contributed by atoms with van der Waals surface area (Å²) in [5.74, 6) is 0.462. The highest BCUT2D eigenvalue weighted by Gasteiger charge is 2.25. The predicted molar refractivity (Wildman–Crippen MR) is 79.3 cm³/mol. The maximum absolute atomic E-state index is 11.9. The van der Waals surface area contributed by atoms with Crippen LogP contribution in [0.15, 0.2) is 23.1 Å². The van der Waals surface area contributed by atoms with Crippen molar-refractivity contribution in [1.82, 2.24) is 4.72 Å². The fourth-order valence-electron chi connectivity index (χ4n) is 2.51. The molecule has 0 radical (unpaired) electrons. The lowest BCUT2D eigenvalue weighted by atomic mass is 10.1. The molecule has 1 aliphatic rings. The van der Waals surface area contributed by atoms with Crippen LogP contribution in [0.4, 0.5) is 11.4 Å². The van der Waals surface area contributed by atoms with Crippen molar-refractivity contribution < 1.29 is 13.2 Å². The molecule has 20 heavy (non-hydrogen) atoms. The Morgan fingerprint density at radius 1 is 1.50 bits per heavy atom. The van der Waals surface area contributed by atoms with E-state index in [1.807, 2.05) is 0 Å². The van der Waals surface area contributed by atoms with Crippen molar-refractivity contribution in [3.05, 3.63) is 18.2 Å². The van der Waals surface area contributed by atoms with Gasteiger partial charge in [0.25, 0.3) is 0 Å². The van der Waals surface area contributed by atoms with Gasteiger partial charge in [0.2, 0.25) is 10.0 Å².